The molecule has 10 heteroatoms. The van der Waals surface area contributed by atoms with Gasteiger partial charge < -0.3 is 9.73 Å². The first-order valence-electron chi connectivity index (χ1n) is 8.05. The molecule has 3 aromatic heterocycles. The Morgan fingerprint density at radius 2 is 2.04 bits per heavy atom. The lowest BCUT2D eigenvalue weighted by Crippen LogP contribution is -2.13. The number of halogens is 1. The minimum absolute atomic E-state index is 0.141. The van der Waals surface area contributed by atoms with E-state index in [1.165, 1.54) is 23.1 Å². The summed E-state index contributed by atoms with van der Waals surface area (Å²) in [7, 11) is 0. The van der Waals surface area contributed by atoms with E-state index < -0.39 is 0 Å². The van der Waals surface area contributed by atoms with Crippen LogP contribution in [0.1, 0.15) is 0 Å². The first-order chi connectivity index (χ1) is 13.7. The molecule has 0 unspecified atom stereocenters. The van der Waals surface area contributed by atoms with Gasteiger partial charge >= 0.3 is 0 Å². The van der Waals surface area contributed by atoms with E-state index in [1.54, 1.807) is 18.5 Å². The van der Waals surface area contributed by atoms with Crippen LogP contribution < -0.4 is 5.32 Å². The highest BCUT2D eigenvalue weighted by Crippen LogP contribution is 2.27. The van der Waals surface area contributed by atoms with Crippen molar-refractivity contribution < 1.29 is 9.21 Å². The number of carbonyl (C=O) groups is 1. The molecule has 0 spiro atoms. The van der Waals surface area contributed by atoms with Crippen LogP contribution in [-0.4, -0.2) is 31.8 Å². The lowest BCUT2D eigenvalue weighted by Gasteiger charge is -1.99. The second kappa shape index (κ2) is 8.63. The predicted octanol–water partition coefficient (Wildman–Crippen LogP) is 4.75. The minimum Gasteiger partial charge on any atom is -0.411 e. The third-order valence-electron chi connectivity index (χ3n) is 3.53. The van der Waals surface area contributed by atoms with Crippen molar-refractivity contribution in [3.8, 4) is 22.7 Å². The third-order valence-corrected chi connectivity index (χ3v) is 5.64. The smallest absolute Gasteiger partial charge is 0.277 e. The van der Waals surface area contributed by atoms with E-state index in [0.717, 1.165) is 21.3 Å². The van der Waals surface area contributed by atoms with Gasteiger partial charge in [-0.3, -0.25) is 9.78 Å². The molecule has 7 nitrogen and oxygen atoms in total. The van der Waals surface area contributed by atoms with Gasteiger partial charge in [-0.15, -0.1) is 21.5 Å². The number of pyridine rings is 1. The number of nitrogens with one attached hydrogen (secondary N) is 1. The first-order valence-corrected chi connectivity index (χ1v) is 10.7. The fourth-order valence-electron chi connectivity index (χ4n) is 2.24. The van der Waals surface area contributed by atoms with E-state index in [-0.39, 0.29) is 11.7 Å². The number of amides is 1. The molecule has 0 fully saturated rings. The second-order valence-corrected chi connectivity index (χ2v) is 8.20. The zero-order valence-electron chi connectivity index (χ0n) is 14.2. The number of thiazole rings is 1. The van der Waals surface area contributed by atoms with Crippen LogP contribution in [-0.2, 0) is 4.79 Å². The largest absolute Gasteiger partial charge is 0.411 e. The van der Waals surface area contributed by atoms with Crippen LogP contribution in [0.25, 0.3) is 22.7 Å². The van der Waals surface area contributed by atoms with Gasteiger partial charge in [-0.05, 0) is 24.3 Å². The Morgan fingerprint density at radius 1 is 1.18 bits per heavy atom. The summed E-state index contributed by atoms with van der Waals surface area (Å²) in [6, 6.07) is 11.5. The Hall–Kier alpha value is -2.56. The Kier molecular flexibility index (Phi) is 5.79. The van der Waals surface area contributed by atoms with Crippen molar-refractivity contribution in [1.29, 1.82) is 0 Å². The molecule has 0 bridgehead atoms. The lowest BCUT2D eigenvalue weighted by molar-refractivity contribution is -0.113. The summed E-state index contributed by atoms with van der Waals surface area (Å²) in [6.45, 7) is 0. The van der Waals surface area contributed by atoms with Crippen LogP contribution in [0.5, 0.6) is 0 Å². The van der Waals surface area contributed by atoms with Crippen LogP contribution in [0.2, 0.25) is 0 Å². The van der Waals surface area contributed by atoms with Gasteiger partial charge in [-0.25, -0.2) is 4.98 Å². The molecule has 1 aromatic carbocycles. The maximum atomic E-state index is 12.2. The predicted molar refractivity (Wildman–Crippen MR) is 112 cm³/mol. The van der Waals surface area contributed by atoms with E-state index in [0.29, 0.717) is 16.2 Å². The van der Waals surface area contributed by atoms with Gasteiger partial charge in [-0.2, -0.15) is 0 Å². The van der Waals surface area contributed by atoms with E-state index in [9.17, 15) is 4.79 Å². The maximum absolute atomic E-state index is 12.2. The second-order valence-electron chi connectivity index (χ2n) is 5.50. The van der Waals surface area contributed by atoms with Crippen LogP contribution in [0, 0.1) is 0 Å². The van der Waals surface area contributed by atoms with Gasteiger partial charge in [-0.1, -0.05) is 39.8 Å². The number of nitrogens with zero attached hydrogens (tertiary/aromatic N) is 4. The van der Waals surface area contributed by atoms with Crippen LogP contribution in [0.15, 0.2) is 68.3 Å². The quantitative estimate of drug-likeness (QED) is 0.403. The van der Waals surface area contributed by atoms with Crippen LogP contribution in [0.3, 0.4) is 0 Å². The van der Waals surface area contributed by atoms with Gasteiger partial charge in [0.05, 0.1) is 17.0 Å². The number of benzene rings is 1. The highest BCUT2D eigenvalue weighted by atomic mass is 79.9. The molecular weight excluding hydrogens is 462 g/mol. The maximum Gasteiger partial charge on any atom is 0.277 e. The van der Waals surface area contributed by atoms with Gasteiger partial charge in [0.15, 0.2) is 5.13 Å². The molecule has 0 atom stereocenters. The Morgan fingerprint density at radius 3 is 2.82 bits per heavy atom. The van der Waals surface area contributed by atoms with E-state index in [1.807, 2.05) is 35.7 Å². The Balaban J connectivity index is 1.33. The van der Waals surface area contributed by atoms with Crippen molar-refractivity contribution in [3.05, 3.63) is 58.6 Å². The molecule has 0 aliphatic rings. The van der Waals surface area contributed by atoms with E-state index >= 15 is 0 Å². The Labute approximate surface area is 176 Å². The fourth-order valence-corrected chi connectivity index (χ4v) is 3.80. The molecule has 4 rings (SSSR count). The molecule has 4 aromatic rings. The SMILES string of the molecule is O=C(CSc1nnc(-c2cccnc2)o1)Nc1nc(-c2ccc(Br)cc2)cs1. The number of carbonyl (C=O) groups excluding carboxylic acids is 1. The van der Waals surface area contributed by atoms with E-state index in [2.05, 4.69) is 41.4 Å². The summed E-state index contributed by atoms with van der Waals surface area (Å²) in [6.07, 6.45) is 3.31. The van der Waals surface area contributed by atoms with E-state index in [4.69, 9.17) is 4.42 Å². The number of aromatic nitrogens is 4. The summed E-state index contributed by atoms with van der Waals surface area (Å²) in [5, 5.41) is 13.5. The summed E-state index contributed by atoms with van der Waals surface area (Å²) < 4.78 is 6.55. The molecule has 1 N–H and O–H groups in total. The third kappa shape index (κ3) is 4.64. The average molecular weight is 474 g/mol. The van der Waals surface area contributed by atoms with Crippen molar-refractivity contribution >= 4 is 50.1 Å². The molecule has 0 aliphatic carbocycles. The monoisotopic (exact) mass is 473 g/mol. The normalized spacial score (nSPS) is 10.8. The molecule has 28 heavy (non-hydrogen) atoms. The van der Waals surface area contributed by atoms with Crippen molar-refractivity contribution in [2.24, 2.45) is 0 Å². The summed E-state index contributed by atoms with van der Waals surface area (Å²) in [5.74, 6) is 0.319. The number of anilines is 1. The van der Waals surface area contributed by atoms with Crippen molar-refractivity contribution in [1.82, 2.24) is 20.2 Å². The molecule has 0 aliphatic heterocycles. The van der Waals surface area contributed by atoms with Crippen molar-refractivity contribution in [3.63, 3.8) is 0 Å². The molecule has 3 heterocycles. The van der Waals surface area contributed by atoms with Crippen molar-refractivity contribution in [2.45, 2.75) is 5.22 Å². The standard InChI is InChI=1S/C18H12BrN5O2S2/c19-13-5-3-11(4-6-13)14-9-27-17(21-14)22-15(25)10-28-18-24-23-16(26-18)12-2-1-7-20-8-12/h1-9H,10H2,(H,21,22,25). The lowest BCUT2D eigenvalue weighted by atomic mass is 10.2. The molecule has 0 saturated heterocycles. The number of rotatable bonds is 6. The van der Waals surface area contributed by atoms with Gasteiger partial charge in [0, 0.05) is 27.8 Å². The zero-order chi connectivity index (χ0) is 19.3. The number of hydrogen-bond acceptors (Lipinski definition) is 8. The number of hydrogen-bond donors (Lipinski definition) is 1. The Bertz CT molecular complexity index is 1080. The highest BCUT2D eigenvalue weighted by Gasteiger charge is 2.13. The first kappa shape index (κ1) is 18.8. The van der Waals surface area contributed by atoms with Crippen LogP contribution >= 0.6 is 39.0 Å². The topological polar surface area (TPSA) is 93.8 Å². The molecule has 0 saturated carbocycles. The van der Waals surface area contributed by atoms with Gasteiger partial charge in [0.2, 0.25) is 11.8 Å². The molecular formula is C18H12BrN5O2S2. The zero-order valence-corrected chi connectivity index (χ0v) is 17.4. The molecule has 140 valence electrons. The molecule has 1 amide bonds. The fraction of sp³-hybridized carbons (Fsp3) is 0.0556. The van der Waals surface area contributed by atoms with Gasteiger partial charge in [0.1, 0.15) is 0 Å². The number of thioether (sulfide) groups is 1. The van der Waals surface area contributed by atoms with Crippen LogP contribution in [0.4, 0.5) is 5.13 Å². The average Bonchev–Trinajstić information content (AvgIpc) is 3.37. The summed E-state index contributed by atoms with van der Waals surface area (Å²) >= 11 is 5.95. The highest BCUT2D eigenvalue weighted by molar-refractivity contribution is 9.10. The van der Waals surface area contributed by atoms with Crippen molar-refractivity contribution in [2.75, 3.05) is 11.1 Å². The minimum atomic E-state index is -0.192. The summed E-state index contributed by atoms with van der Waals surface area (Å²) in [4.78, 5) is 20.6. The molecule has 0 radical (unpaired) electrons. The summed E-state index contributed by atoms with van der Waals surface area (Å²) in [5.41, 5.74) is 2.54. The van der Waals surface area contributed by atoms with Gasteiger partial charge in [0.25, 0.3) is 5.22 Å².